The molecule has 2 unspecified atom stereocenters. The number of aromatic hydroxyl groups is 1. The number of rotatable bonds is 6. The summed E-state index contributed by atoms with van der Waals surface area (Å²) in [6, 6.07) is 2.04. The predicted octanol–water partition coefficient (Wildman–Crippen LogP) is 1.29. The molecule has 0 heterocycles. The Labute approximate surface area is 116 Å². The van der Waals surface area contributed by atoms with Crippen LogP contribution in [0.3, 0.4) is 0 Å². The molecule has 1 aromatic carbocycles. The van der Waals surface area contributed by atoms with Crippen LogP contribution >= 0.6 is 15.9 Å². The number of nitrogens with zero attached hydrogens (tertiary/aromatic N) is 1. The number of benzene rings is 1. The lowest BCUT2D eigenvalue weighted by molar-refractivity contribution is -0.386. The van der Waals surface area contributed by atoms with E-state index in [-0.39, 0.29) is 23.8 Å². The van der Waals surface area contributed by atoms with E-state index in [0.717, 1.165) is 12.1 Å². The molecule has 0 aliphatic carbocycles. The fourth-order valence-electron chi connectivity index (χ4n) is 1.56. The Morgan fingerprint density at radius 3 is 2.53 bits per heavy atom. The van der Waals surface area contributed by atoms with Gasteiger partial charge in [-0.3, -0.25) is 14.9 Å². The Kier molecular flexibility index (Phi) is 5.40. The number of aldehydes is 1. The molecule has 2 atom stereocenters. The van der Waals surface area contributed by atoms with E-state index in [2.05, 4.69) is 15.9 Å². The highest BCUT2D eigenvalue weighted by atomic mass is 79.9. The molecule has 0 spiro atoms. The molecule has 0 saturated heterocycles. The lowest BCUT2D eigenvalue weighted by Crippen LogP contribution is -2.19. The number of carbonyl (C=O) groups excluding carboxylic acids is 1. The molecule has 1 rings (SSSR count). The molecular weight excluding hydrogens is 322 g/mol. The molecule has 19 heavy (non-hydrogen) atoms. The van der Waals surface area contributed by atoms with Crippen LogP contribution in [-0.2, 0) is 0 Å². The van der Waals surface area contributed by atoms with Crippen molar-refractivity contribution in [2.45, 2.75) is 18.6 Å². The zero-order chi connectivity index (χ0) is 14.6. The van der Waals surface area contributed by atoms with Gasteiger partial charge in [0.05, 0.1) is 16.6 Å². The summed E-state index contributed by atoms with van der Waals surface area (Å²) in [5, 5.41) is 40.1. The van der Waals surface area contributed by atoms with Crippen molar-refractivity contribution in [3.8, 4) is 5.75 Å². The third-order valence-electron chi connectivity index (χ3n) is 2.58. The van der Waals surface area contributed by atoms with Crippen LogP contribution in [-0.4, -0.2) is 38.0 Å². The smallest absolute Gasteiger partial charge is 0.311 e. The highest BCUT2D eigenvalue weighted by Gasteiger charge is 2.24. The first-order valence-electron chi connectivity index (χ1n) is 5.31. The Balaban J connectivity index is 3.25. The number of aliphatic hydroxyl groups is 2. The number of hydrogen-bond acceptors (Lipinski definition) is 6. The van der Waals surface area contributed by atoms with Crippen molar-refractivity contribution in [1.82, 2.24) is 0 Å². The van der Waals surface area contributed by atoms with Crippen LogP contribution in [0.1, 0.15) is 28.4 Å². The van der Waals surface area contributed by atoms with Crippen molar-refractivity contribution in [3.63, 3.8) is 0 Å². The summed E-state index contributed by atoms with van der Waals surface area (Å²) in [6.45, 7) is 0. The molecule has 0 amide bonds. The van der Waals surface area contributed by atoms with Gasteiger partial charge in [0.15, 0.2) is 6.29 Å². The van der Waals surface area contributed by atoms with E-state index in [9.17, 15) is 30.2 Å². The molecule has 8 heteroatoms. The zero-order valence-electron chi connectivity index (χ0n) is 9.69. The molecule has 0 aromatic heterocycles. The number of aliphatic hydroxyl groups excluding tert-OH is 2. The van der Waals surface area contributed by atoms with Crippen molar-refractivity contribution in [3.05, 3.63) is 33.4 Å². The fourth-order valence-corrected chi connectivity index (χ4v) is 2.02. The van der Waals surface area contributed by atoms with Crippen molar-refractivity contribution in [2.24, 2.45) is 0 Å². The zero-order valence-corrected chi connectivity index (χ0v) is 11.3. The van der Waals surface area contributed by atoms with Gasteiger partial charge in [-0.25, -0.2) is 0 Å². The normalized spacial score (nSPS) is 13.8. The number of halogens is 1. The summed E-state index contributed by atoms with van der Waals surface area (Å²) < 4.78 is 0. The Bertz CT molecular complexity index is 492. The van der Waals surface area contributed by atoms with Gasteiger partial charge < -0.3 is 15.3 Å². The van der Waals surface area contributed by atoms with E-state index in [1.807, 2.05) is 0 Å². The summed E-state index contributed by atoms with van der Waals surface area (Å²) in [7, 11) is 0. The topological polar surface area (TPSA) is 121 Å². The molecular formula is C11H12BrNO6. The van der Waals surface area contributed by atoms with Gasteiger partial charge in [0.1, 0.15) is 6.10 Å². The van der Waals surface area contributed by atoms with Gasteiger partial charge in [-0.1, -0.05) is 15.9 Å². The Morgan fingerprint density at radius 1 is 1.42 bits per heavy atom. The number of nitro groups is 1. The van der Waals surface area contributed by atoms with Gasteiger partial charge in [0.25, 0.3) is 0 Å². The number of phenolic OH excluding ortho intramolecular Hbond substituents is 1. The second kappa shape index (κ2) is 6.60. The van der Waals surface area contributed by atoms with Crippen LogP contribution in [0.15, 0.2) is 12.1 Å². The molecule has 0 fully saturated rings. The van der Waals surface area contributed by atoms with E-state index in [0.29, 0.717) is 5.33 Å². The van der Waals surface area contributed by atoms with Gasteiger partial charge in [-0.15, -0.1) is 0 Å². The molecule has 1 aromatic rings. The lowest BCUT2D eigenvalue weighted by atomic mass is 9.99. The quantitative estimate of drug-likeness (QED) is 0.312. The Morgan fingerprint density at radius 2 is 2.05 bits per heavy atom. The summed E-state index contributed by atoms with van der Waals surface area (Å²) in [5.41, 5.74) is -1.00. The highest BCUT2D eigenvalue weighted by molar-refractivity contribution is 9.09. The highest BCUT2D eigenvalue weighted by Crippen LogP contribution is 2.33. The van der Waals surface area contributed by atoms with Crippen LogP contribution < -0.4 is 0 Å². The third kappa shape index (κ3) is 3.49. The first-order valence-corrected chi connectivity index (χ1v) is 6.43. The van der Waals surface area contributed by atoms with Gasteiger partial charge >= 0.3 is 5.69 Å². The summed E-state index contributed by atoms with van der Waals surface area (Å²) in [4.78, 5) is 20.6. The van der Waals surface area contributed by atoms with Crippen LogP contribution in [0.5, 0.6) is 5.75 Å². The molecule has 0 radical (unpaired) electrons. The fraction of sp³-hybridized carbons (Fsp3) is 0.364. The average Bonchev–Trinajstić information content (AvgIpc) is 2.38. The van der Waals surface area contributed by atoms with E-state index in [1.54, 1.807) is 0 Å². The molecule has 3 N–H and O–H groups in total. The van der Waals surface area contributed by atoms with Crippen LogP contribution in [0, 0.1) is 10.1 Å². The van der Waals surface area contributed by atoms with Crippen LogP contribution in [0.25, 0.3) is 0 Å². The van der Waals surface area contributed by atoms with E-state index < -0.39 is 28.6 Å². The molecule has 7 nitrogen and oxygen atoms in total. The monoisotopic (exact) mass is 333 g/mol. The van der Waals surface area contributed by atoms with Gasteiger partial charge in [-0.05, 0) is 18.1 Å². The van der Waals surface area contributed by atoms with Gasteiger partial charge in [-0.2, -0.15) is 0 Å². The number of carbonyl (C=O) groups is 1. The standard InChI is InChI=1S/C11H12BrNO6/c12-2-1-9(15)11(17)6-3-7(5-14)10(16)8(4-6)13(18)19/h3-5,9,11,15-17H,1-2H2. The maximum Gasteiger partial charge on any atom is 0.311 e. The number of nitro benzene ring substituents is 1. The number of hydrogen-bond donors (Lipinski definition) is 3. The minimum absolute atomic E-state index is 0.0000463. The van der Waals surface area contributed by atoms with Crippen molar-refractivity contribution >= 4 is 27.9 Å². The summed E-state index contributed by atoms with van der Waals surface area (Å²) >= 11 is 3.09. The lowest BCUT2D eigenvalue weighted by Gasteiger charge is -2.17. The van der Waals surface area contributed by atoms with Gasteiger partial charge in [0.2, 0.25) is 5.75 Å². The predicted molar refractivity (Wildman–Crippen MR) is 69.5 cm³/mol. The molecule has 104 valence electrons. The van der Waals surface area contributed by atoms with Crippen molar-refractivity contribution in [2.75, 3.05) is 5.33 Å². The third-order valence-corrected chi connectivity index (χ3v) is 3.03. The minimum Gasteiger partial charge on any atom is -0.502 e. The van der Waals surface area contributed by atoms with Crippen molar-refractivity contribution < 1.29 is 25.0 Å². The van der Waals surface area contributed by atoms with Crippen LogP contribution in [0.4, 0.5) is 5.69 Å². The van der Waals surface area contributed by atoms with Crippen molar-refractivity contribution in [1.29, 1.82) is 0 Å². The van der Waals surface area contributed by atoms with E-state index >= 15 is 0 Å². The maximum absolute atomic E-state index is 10.7. The number of phenols is 1. The minimum atomic E-state index is -1.38. The largest absolute Gasteiger partial charge is 0.502 e. The second-order valence-electron chi connectivity index (χ2n) is 3.84. The Hall–Kier alpha value is -1.51. The molecule has 0 saturated carbocycles. The molecule has 0 bridgehead atoms. The maximum atomic E-state index is 10.7. The van der Waals surface area contributed by atoms with E-state index in [4.69, 9.17) is 0 Å². The molecule has 0 aliphatic heterocycles. The SMILES string of the molecule is O=Cc1cc(C(O)C(O)CCBr)cc([N+](=O)[O-])c1O. The van der Waals surface area contributed by atoms with E-state index in [1.165, 1.54) is 0 Å². The number of alkyl halides is 1. The average molecular weight is 334 g/mol. The molecule has 0 aliphatic rings. The second-order valence-corrected chi connectivity index (χ2v) is 4.64. The van der Waals surface area contributed by atoms with Crippen LogP contribution in [0.2, 0.25) is 0 Å². The first-order chi connectivity index (χ1) is 8.92. The van der Waals surface area contributed by atoms with Gasteiger partial charge in [0, 0.05) is 11.4 Å². The first kappa shape index (κ1) is 15.5. The summed E-state index contributed by atoms with van der Waals surface area (Å²) in [6.07, 6.45) is -2.04. The summed E-state index contributed by atoms with van der Waals surface area (Å²) in [5.74, 6) is -0.758.